The topological polar surface area (TPSA) is 56.1 Å². The number of anilines is 1. The monoisotopic (exact) mass is 383 g/mol. The number of pyridine rings is 1. The van der Waals surface area contributed by atoms with Crippen molar-refractivity contribution in [2.24, 2.45) is 0 Å². The Labute approximate surface area is 162 Å². The fraction of sp³-hybridized carbons (Fsp3) is 0.333. The number of halogens is 1. The lowest BCUT2D eigenvalue weighted by molar-refractivity contribution is 0.0528. The van der Waals surface area contributed by atoms with Gasteiger partial charge in [0.15, 0.2) is 0 Å². The number of benzene rings is 1. The highest BCUT2D eigenvalue weighted by atomic mass is 19.1. The van der Waals surface area contributed by atoms with Gasteiger partial charge in [-0.15, -0.1) is 0 Å². The standard InChI is InChI=1S/C21H22FN3O3/c1-3-28-21(26)17-13-23-25-10-8-15(12-19(17)25)24-9-4-5-18(24)16-11-14(22)6-7-20(16)27-2/h6-8,10-13,18H,3-5,9H2,1-2H3/t18-/m1/s1. The molecule has 3 heterocycles. The Morgan fingerprint density at radius 2 is 2.18 bits per heavy atom. The number of hydrogen-bond acceptors (Lipinski definition) is 5. The molecular formula is C21H22FN3O3. The molecule has 3 aromatic rings. The molecule has 1 fully saturated rings. The Morgan fingerprint density at radius 3 is 2.96 bits per heavy atom. The molecule has 0 radical (unpaired) electrons. The number of carbonyl (C=O) groups excluding carboxylic acids is 1. The number of esters is 1. The van der Waals surface area contributed by atoms with Crippen molar-refractivity contribution in [3.63, 3.8) is 0 Å². The predicted octanol–water partition coefficient (Wildman–Crippen LogP) is 4.00. The van der Waals surface area contributed by atoms with E-state index in [2.05, 4.69) is 10.00 Å². The molecule has 4 rings (SSSR count). The molecule has 0 unspecified atom stereocenters. The van der Waals surface area contributed by atoms with E-state index in [0.29, 0.717) is 23.4 Å². The second kappa shape index (κ2) is 7.50. The smallest absolute Gasteiger partial charge is 0.341 e. The molecule has 1 aliphatic heterocycles. The van der Waals surface area contributed by atoms with Gasteiger partial charge in [-0.1, -0.05) is 0 Å². The molecule has 2 aromatic heterocycles. The average molecular weight is 383 g/mol. The van der Waals surface area contributed by atoms with Crippen LogP contribution in [0.5, 0.6) is 5.75 Å². The molecule has 0 aliphatic carbocycles. The summed E-state index contributed by atoms with van der Waals surface area (Å²) in [6.45, 7) is 2.92. The Balaban J connectivity index is 1.74. The van der Waals surface area contributed by atoms with Crippen LogP contribution in [0, 0.1) is 5.82 Å². The molecule has 6 nitrogen and oxygen atoms in total. The first kappa shape index (κ1) is 18.3. The molecule has 28 heavy (non-hydrogen) atoms. The Hall–Kier alpha value is -3.09. The maximum atomic E-state index is 13.9. The maximum Gasteiger partial charge on any atom is 0.341 e. The van der Waals surface area contributed by atoms with Crippen molar-refractivity contribution in [2.45, 2.75) is 25.8 Å². The Morgan fingerprint density at radius 1 is 1.32 bits per heavy atom. The summed E-state index contributed by atoms with van der Waals surface area (Å²) in [7, 11) is 1.60. The number of methoxy groups -OCH3 is 1. The van der Waals surface area contributed by atoms with E-state index in [0.717, 1.165) is 30.6 Å². The minimum absolute atomic E-state index is 0.00191. The van der Waals surface area contributed by atoms with E-state index in [-0.39, 0.29) is 17.8 Å². The number of nitrogens with zero attached hydrogens (tertiary/aromatic N) is 3. The normalized spacial score (nSPS) is 16.5. The number of rotatable bonds is 5. The minimum Gasteiger partial charge on any atom is -0.496 e. The van der Waals surface area contributed by atoms with Crippen LogP contribution in [0.4, 0.5) is 10.1 Å². The van der Waals surface area contributed by atoms with Crippen molar-refractivity contribution in [2.75, 3.05) is 25.2 Å². The fourth-order valence-corrected chi connectivity index (χ4v) is 3.88. The van der Waals surface area contributed by atoms with Gasteiger partial charge in [-0.05, 0) is 50.1 Å². The largest absolute Gasteiger partial charge is 0.496 e. The number of hydrogen-bond donors (Lipinski definition) is 0. The van der Waals surface area contributed by atoms with Crippen LogP contribution in [-0.2, 0) is 4.74 Å². The summed E-state index contributed by atoms with van der Waals surface area (Å²) < 4.78 is 26.2. The van der Waals surface area contributed by atoms with Crippen molar-refractivity contribution in [3.05, 3.63) is 59.7 Å². The highest BCUT2D eigenvalue weighted by Gasteiger charge is 2.29. The number of aromatic nitrogens is 2. The lowest BCUT2D eigenvalue weighted by Gasteiger charge is -2.28. The van der Waals surface area contributed by atoms with Crippen LogP contribution < -0.4 is 9.64 Å². The van der Waals surface area contributed by atoms with Gasteiger partial charge in [0, 0.05) is 24.0 Å². The average Bonchev–Trinajstić information content (AvgIpc) is 3.34. The summed E-state index contributed by atoms with van der Waals surface area (Å²) in [5.74, 6) is 0.00820. The van der Waals surface area contributed by atoms with Crippen LogP contribution >= 0.6 is 0 Å². The first-order chi connectivity index (χ1) is 13.6. The van der Waals surface area contributed by atoms with Crippen molar-refractivity contribution < 1.29 is 18.7 Å². The van der Waals surface area contributed by atoms with E-state index >= 15 is 0 Å². The molecule has 0 N–H and O–H groups in total. The van der Waals surface area contributed by atoms with Crippen LogP contribution in [0.25, 0.3) is 5.52 Å². The van der Waals surface area contributed by atoms with E-state index in [1.54, 1.807) is 30.7 Å². The number of fused-ring (bicyclic) bond motifs is 1. The van der Waals surface area contributed by atoms with Gasteiger partial charge >= 0.3 is 5.97 Å². The summed E-state index contributed by atoms with van der Waals surface area (Å²) in [5.41, 5.74) is 2.90. The zero-order valence-corrected chi connectivity index (χ0v) is 15.9. The lowest BCUT2D eigenvalue weighted by Crippen LogP contribution is -2.23. The van der Waals surface area contributed by atoms with Crippen LogP contribution in [0.1, 0.15) is 41.7 Å². The molecule has 1 saturated heterocycles. The molecule has 0 saturated carbocycles. The zero-order chi connectivity index (χ0) is 19.7. The Kier molecular flexibility index (Phi) is 4.90. The second-order valence-electron chi connectivity index (χ2n) is 6.73. The van der Waals surface area contributed by atoms with Gasteiger partial charge in [0.1, 0.15) is 17.1 Å². The van der Waals surface area contributed by atoms with Crippen LogP contribution in [0.15, 0.2) is 42.7 Å². The molecule has 0 spiro atoms. The number of carbonyl (C=O) groups is 1. The second-order valence-corrected chi connectivity index (χ2v) is 6.73. The van der Waals surface area contributed by atoms with Crippen LogP contribution in [0.3, 0.4) is 0 Å². The SMILES string of the molecule is CCOC(=O)c1cnn2ccc(N3CCC[C@@H]3c3cc(F)ccc3OC)cc12. The van der Waals surface area contributed by atoms with Crippen molar-refractivity contribution in [1.82, 2.24) is 9.61 Å². The van der Waals surface area contributed by atoms with Crippen molar-refractivity contribution in [1.29, 1.82) is 0 Å². The zero-order valence-electron chi connectivity index (χ0n) is 15.9. The van der Waals surface area contributed by atoms with Gasteiger partial charge < -0.3 is 14.4 Å². The van der Waals surface area contributed by atoms with E-state index in [4.69, 9.17) is 9.47 Å². The van der Waals surface area contributed by atoms with Gasteiger partial charge in [-0.2, -0.15) is 5.10 Å². The fourth-order valence-electron chi connectivity index (χ4n) is 3.88. The molecule has 1 aliphatic rings. The summed E-state index contributed by atoms with van der Waals surface area (Å²) in [6, 6.07) is 8.51. The summed E-state index contributed by atoms with van der Waals surface area (Å²) >= 11 is 0. The maximum absolute atomic E-state index is 13.9. The van der Waals surface area contributed by atoms with Gasteiger partial charge in [-0.25, -0.2) is 13.7 Å². The van der Waals surface area contributed by atoms with Crippen LogP contribution in [0.2, 0.25) is 0 Å². The first-order valence-electron chi connectivity index (χ1n) is 9.37. The quantitative estimate of drug-likeness (QED) is 0.624. The third kappa shape index (κ3) is 3.17. The summed E-state index contributed by atoms with van der Waals surface area (Å²) in [4.78, 5) is 14.4. The Bertz CT molecular complexity index is 1020. The van der Waals surface area contributed by atoms with E-state index in [1.807, 2.05) is 18.3 Å². The first-order valence-corrected chi connectivity index (χ1v) is 9.37. The lowest BCUT2D eigenvalue weighted by atomic mass is 10.0. The minimum atomic E-state index is -0.389. The van der Waals surface area contributed by atoms with E-state index in [1.165, 1.54) is 12.3 Å². The highest BCUT2D eigenvalue weighted by molar-refractivity contribution is 5.97. The molecule has 0 bridgehead atoms. The molecule has 1 aromatic carbocycles. The molecule has 7 heteroatoms. The molecule has 146 valence electrons. The predicted molar refractivity (Wildman–Crippen MR) is 103 cm³/mol. The van der Waals surface area contributed by atoms with Crippen molar-refractivity contribution in [3.8, 4) is 5.75 Å². The third-order valence-electron chi connectivity index (χ3n) is 5.14. The van der Waals surface area contributed by atoms with Gasteiger partial charge in [-0.3, -0.25) is 0 Å². The molecule has 0 amide bonds. The molecular weight excluding hydrogens is 361 g/mol. The van der Waals surface area contributed by atoms with Crippen LogP contribution in [-0.4, -0.2) is 35.8 Å². The van der Waals surface area contributed by atoms with Crippen molar-refractivity contribution >= 4 is 17.2 Å². The highest BCUT2D eigenvalue weighted by Crippen LogP contribution is 2.40. The molecule has 1 atom stereocenters. The van der Waals surface area contributed by atoms with E-state index in [9.17, 15) is 9.18 Å². The van der Waals surface area contributed by atoms with Gasteiger partial charge in [0.25, 0.3) is 0 Å². The van der Waals surface area contributed by atoms with E-state index < -0.39 is 0 Å². The number of ether oxygens (including phenoxy) is 2. The van der Waals surface area contributed by atoms with Gasteiger partial charge in [0.2, 0.25) is 0 Å². The summed E-state index contributed by atoms with van der Waals surface area (Å²) in [6.07, 6.45) is 5.23. The third-order valence-corrected chi connectivity index (χ3v) is 5.14. The summed E-state index contributed by atoms with van der Waals surface area (Å²) in [5, 5.41) is 4.23. The van der Waals surface area contributed by atoms with Gasteiger partial charge in [0.05, 0.1) is 31.5 Å².